The lowest BCUT2D eigenvalue weighted by Crippen LogP contribution is -2.46. The van der Waals surface area contributed by atoms with Crippen molar-refractivity contribution in [2.24, 2.45) is 5.92 Å². The molecule has 3 atom stereocenters. The van der Waals surface area contributed by atoms with Crippen LogP contribution in [0.3, 0.4) is 0 Å². The van der Waals surface area contributed by atoms with E-state index in [1.807, 2.05) is 0 Å². The summed E-state index contributed by atoms with van der Waals surface area (Å²) in [6.07, 6.45) is 5.73. The standard InChI is InChI=1S/C18H27NO2/c1-19-17(8-7-15-5-3-2-4-6-15)16-9-11-21-18(13-16)10-12-20-14-18/h2-6,16-17,19H,7-14H2,1H3. The van der Waals surface area contributed by atoms with Gasteiger partial charge in [-0.15, -0.1) is 0 Å². The molecule has 3 rings (SSSR count). The fraction of sp³-hybridized carbons (Fsp3) is 0.667. The molecule has 0 amide bonds. The topological polar surface area (TPSA) is 30.5 Å². The molecule has 0 bridgehead atoms. The first-order chi connectivity index (χ1) is 10.3. The van der Waals surface area contributed by atoms with E-state index in [1.165, 1.54) is 18.4 Å². The normalized spacial score (nSPS) is 30.6. The van der Waals surface area contributed by atoms with Crippen molar-refractivity contribution in [3.05, 3.63) is 35.9 Å². The molecule has 21 heavy (non-hydrogen) atoms. The first-order valence-corrected chi connectivity index (χ1v) is 8.24. The summed E-state index contributed by atoms with van der Waals surface area (Å²) < 4.78 is 11.6. The number of rotatable bonds is 5. The Morgan fingerprint density at radius 1 is 1.29 bits per heavy atom. The van der Waals surface area contributed by atoms with Gasteiger partial charge in [-0.2, -0.15) is 0 Å². The van der Waals surface area contributed by atoms with E-state index in [1.54, 1.807) is 0 Å². The van der Waals surface area contributed by atoms with Gasteiger partial charge in [0.25, 0.3) is 0 Å². The smallest absolute Gasteiger partial charge is 0.0939 e. The molecule has 3 nitrogen and oxygen atoms in total. The Morgan fingerprint density at radius 3 is 2.86 bits per heavy atom. The van der Waals surface area contributed by atoms with Crippen molar-refractivity contribution in [1.29, 1.82) is 0 Å². The van der Waals surface area contributed by atoms with Crippen molar-refractivity contribution in [3.63, 3.8) is 0 Å². The van der Waals surface area contributed by atoms with Crippen LogP contribution in [0.5, 0.6) is 0 Å². The van der Waals surface area contributed by atoms with Crippen LogP contribution in [-0.2, 0) is 15.9 Å². The molecule has 0 aliphatic carbocycles. The molecule has 3 heteroatoms. The lowest BCUT2D eigenvalue weighted by atomic mass is 9.79. The minimum atomic E-state index is 0.0186. The fourth-order valence-corrected chi connectivity index (χ4v) is 3.85. The van der Waals surface area contributed by atoms with Crippen LogP contribution < -0.4 is 5.32 Å². The SMILES string of the molecule is CNC(CCc1ccccc1)C1CCOC2(CCOC2)C1. The highest BCUT2D eigenvalue weighted by Gasteiger charge is 2.42. The monoisotopic (exact) mass is 289 g/mol. The van der Waals surface area contributed by atoms with Gasteiger partial charge in [0.15, 0.2) is 0 Å². The third kappa shape index (κ3) is 3.65. The Morgan fingerprint density at radius 2 is 2.14 bits per heavy atom. The van der Waals surface area contributed by atoms with Crippen LogP contribution in [0.15, 0.2) is 30.3 Å². The van der Waals surface area contributed by atoms with E-state index >= 15 is 0 Å². The molecule has 2 saturated heterocycles. The quantitative estimate of drug-likeness (QED) is 0.904. The highest BCUT2D eigenvalue weighted by molar-refractivity contribution is 5.15. The van der Waals surface area contributed by atoms with Gasteiger partial charge in [0.1, 0.15) is 0 Å². The van der Waals surface area contributed by atoms with Gasteiger partial charge in [0.2, 0.25) is 0 Å². The molecule has 1 N–H and O–H groups in total. The number of benzene rings is 1. The van der Waals surface area contributed by atoms with Gasteiger partial charge < -0.3 is 14.8 Å². The Balaban J connectivity index is 1.57. The summed E-state index contributed by atoms with van der Waals surface area (Å²) >= 11 is 0. The Kier molecular flexibility index (Phi) is 4.94. The molecule has 0 aromatic heterocycles. The van der Waals surface area contributed by atoms with Crippen LogP contribution in [0.4, 0.5) is 0 Å². The van der Waals surface area contributed by atoms with E-state index in [2.05, 4.69) is 42.7 Å². The van der Waals surface area contributed by atoms with Crippen LogP contribution in [0.2, 0.25) is 0 Å². The maximum absolute atomic E-state index is 6.06. The van der Waals surface area contributed by atoms with Crippen molar-refractivity contribution in [2.75, 3.05) is 26.9 Å². The van der Waals surface area contributed by atoms with Crippen LogP contribution >= 0.6 is 0 Å². The molecule has 1 spiro atoms. The van der Waals surface area contributed by atoms with Gasteiger partial charge >= 0.3 is 0 Å². The summed E-state index contributed by atoms with van der Waals surface area (Å²) in [7, 11) is 2.10. The molecule has 1 aromatic rings. The number of hydrogen-bond acceptors (Lipinski definition) is 3. The minimum Gasteiger partial charge on any atom is -0.378 e. The van der Waals surface area contributed by atoms with Crippen molar-refractivity contribution in [3.8, 4) is 0 Å². The van der Waals surface area contributed by atoms with Crippen molar-refractivity contribution >= 4 is 0 Å². The third-order valence-corrected chi connectivity index (χ3v) is 5.12. The molecule has 0 radical (unpaired) electrons. The van der Waals surface area contributed by atoms with Gasteiger partial charge in [-0.1, -0.05) is 30.3 Å². The van der Waals surface area contributed by atoms with Gasteiger partial charge in [-0.25, -0.2) is 0 Å². The van der Waals surface area contributed by atoms with Gasteiger partial charge in [0.05, 0.1) is 12.2 Å². The summed E-state index contributed by atoms with van der Waals surface area (Å²) in [5.74, 6) is 0.703. The second-order valence-corrected chi connectivity index (χ2v) is 6.51. The Labute approximate surface area is 128 Å². The average Bonchev–Trinajstić information content (AvgIpc) is 2.97. The number of ether oxygens (including phenoxy) is 2. The molecule has 2 aliphatic heterocycles. The van der Waals surface area contributed by atoms with E-state index < -0.39 is 0 Å². The van der Waals surface area contributed by atoms with E-state index in [9.17, 15) is 0 Å². The largest absolute Gasteiger partial charge is 0.378 e. The molecule has 1 aromatic carbocycles. The predicted octanol–water partition coefficient (Wildman–Crippen LogP) is 2.79. The average molecular weight is 289 g/mol. The summed E-state index contributed by atoms with van der Waals surface area (Å²) in [5.41, 5.74) is 1.45. The Bertz CT molecular complexity index is 428. The second-order valence-electron chi connectivity index (χ2n) is 6.51. The molecular weight excluding hydrogens is 262 g/mol. The lowest BCUT2D eigenvalue weighted by molar-refractivity contribution is -0.103. The summed E-state index contributed by atoms with van der Waals surface area (Å²) in [6.45, 7) is 2.54. The van der Waals surface area contributed by atoms with E-state index in [-0.39, 0.29) is 5.60 Å². The summed E-state index contributed by atoms with van der Waals surface area (Å²) in [6, 6.07) is 11.4. The first kappa shape index (κ1) is 15.0. The number of hydrogen-bond donors (Lipinski definition) is 1. The molecule has 0 saturated carbocycles. The lowest BCUT2D eigenvalue weighted by Gasteiger charge is -2.40. The first-order valence-electron chi connectivity index (χ1n) is 8.24. The van der Waals surface area contributed by atoms with Gasteiger partial charge in [-0.05, 0) is 44.2 Å². The van der Waals surface area contributed by atoms with Crippen molar-refractivity contribution < 1.29 is 9.47 Å². The molecular formula is C18H27NO2. The zero-order valence-corrected chi connectivity index (χ0v) is 13.0. The van der Waals surface area contributed by atoms with Gasteiger partial charge in [-0.3, -0.25) is 0 Å². The van der Waals surface area contributed by atoms with Crippen molar-refractivity contribution in [2.45, 2.75) is 43.7 Å². The van der Waals surface area contributed by atoms with Crippen LogP contribution in [0, 0.1) is 5.92 Å². The summed E-state index contributed by atoms with van der Waals surface area (Å²) in [4.78, 5) is 0. The van der Waals surface area contributed by atoms with E-state index in [0.29, 0.717) is 12.0 Å². The number of nitrogens with one attached hydrogen (secondary N) is 1. The highest BCUT2D eigenvalue weighted by atomic mass is 16.6. The number of aryl methyl sites for hydroxylation is 1. The summed E-state index contributed by atoms with van der Waals surface area (Å²) in [5, 5.41) is 3.55. The maximum atomic E-state index is 6.06. The zero-order valence-electron chi connectivity index (χ0n) is 13.0. The van der Waals surface area contributed by atoms with Crippen LogP contribution in [-0.4, -0.2) is 38.5 Å². The van der Waals surface area contributed by atoms with Crippen molar-refractivity contribution in [1.82, 2.24) is 5.32 Å². The molecule has 2 heterocycles. The van der Waals surface area contributed by atoms with E-state index in [4.69, 9.17) is 9.47 Å². The van der Waals surface area contributed by atoms with Crippen LogP contribution in [0.1, 0.15) is 31.2 Å². The van der Waals surface area contributed by atoms with Gasteiger partial charge in [0, 0.05) is 25.7 Å². The fourth-order valence-electron chi connectivity index (χ4n) is 3.85. The molecule has 2 aliphatic rings. The molecule has 3 unspecified atom stereocenters. The molecule has 2 fully saturated rings. The second kappa shape index (κ2) is 6.91. The highest BCUT2D eigenvalue weighted by Crippen LogP contribution is 2.37. The predicted molar refractivity (Wildman–Crippen MR) is 84.5 cm³/mol. The minimum absolute atomic E-state index is 0.0186. The molecule has 116 valence electrons. The Hall–Kier alpha value is -0.900. The van der Waals surface area contributed by atoms with Crippen LogP contribution in [0.25, 0.3) is 0 Å². The van der Waals surface area contributed by atoms with E-state index in [0.717, 1.165) is 39.1 Å². The zero-order chi connectivity index (χ0) is 14.5. The maximum Gasteiger partial charge on any atom is 0.0939 e. The third-order valence-electron chi connectivity index (χ3n) is 5.12.